The zero-order valence-corrected chi connectivity index (χ0v) is 16.9. The minimum Gasteiger partial charge on any atom is -0.379 e. The first kappa shape index (κ1) is 20.3. The minimum absolute atomic E-state index is 0.0597. The summed E-state index contributed by atoms with van der Waals surface area (Å²) in [5.74, 6) is -0.739. The lowest BCUT2D eigenvalue weighted by molar-refractivity contribution is -0.123. The molecule has 1 aliphatic heterocycles. The van der Waals surface area contributed by atoms with E-state index in [1.807, 2.05) is 12.1 Å². The summed E-state index contributed by atoms with van der Waals surface area (Å²) in [6.07, 6.45) is 1.48. The molecule has 4 rings (SSSR count). The maximum atomic E-state index is 14.0. The Kier molecular flexibility index (Phi) is 5.50. The van der Waals surface area contributed by atoms with E-state index in [1.165, 1.54) is 23.2 Å². The molecule has 8 heteroatoms. The molecule has 1 fully saturated rings. The van der Waals surface area contributed by atoms with Gasteiger partial charge in [-0.05, 0) is 42.3 Å². The second-order valence-electron chi connectivity index (χ2n) is 7.40. The third-order valence-electron chi connectivity index (χ3n) is 5.24. The van der Waals surface area contributed by atoms with Crippen LogP contribution in [0.1, 0.15) is 27.0 Å². The quantitative estimate of drug-likeness (QED) is 0.680. The van der Waals surface area contributed by atoms with Gasteiger partial charge in [0.05, 0.1) is 23.3 Å². The summed E-state index contributed by atoms with van der Waals surface area (Å²) in [6.45, 7) is 3.15. The molecule has 3 aromatic rings. The molecule has 2 amide bonds. The number of hydrogen-bond acceptors (Lipinski definition) is 5. The number of amides is 2. The highest BCUT2D eigenvalue weighted by atomic mass is 19.1. The van der Waals surface area contributed by atoms with Crippen molar-refractivity contribution in [1.29, 1.82) is 5.26 Å². The van der Waals surface area contributed by atoms with E-state index in [0.29, 0.717) is 52.9 Å². The lowest BCUT2D eigenvalue weighted by atomic mass is 10.1. The predicted molar refractivity (Wildman–Crippen MR) is 114 cm³/mol. The molecule has 1 aliphatic rings. The summed E-state index contributed by atoms with van der Waals surface area (Å²) in [5.41, 5.74) is 3.56. The number of pyridine rings is 1. The van der Waals surface area contributed by atoms with Crippen LogP contribution in [0.25, 0.3) is 10.9 Å². The number of nitriles is 1. The Morgan fingerprint density at radius 3 is 2.81 bits per heavy atom. The van der Waals surface area contributed by atoms with Crippen molar-refractivity contribution in [2.24, 2.45) is 0 Å². The van der Waals surface area contributed by atoms with Crippen LogP contribution >= 0.6 is 0 Å². The first-order valence-corrected chi connectivity index (χ1v) is 9.84. The second kappa shape index (κ2) is 8.40. The normalized spacial score (nSPS) is 13.6. The van der Waals surface area contributed by atoms with Gasteiger partial charge in [0.15, 0.2) is 0 Å². The number of benzene rings is 2. The van der Waals surface area contributed by atoms with Crippen LogP contribution in [0.4, 0.5) is 10.1 Å². The van der Waals surface area contributed by atoms with E-state index < -0.39 is 0 Å². The number of halogens is 1. The topological polar surface area (TPSA) is 98.1 Å². The van der Waals surface area contributed by atoms with E-state index >= 15 is 0 Å². The van der Waals surface area contributed by atoms with Crippen molar-refractivity contribution < 1.29 is 14.0 Å². The number of hydrogen-bond donors (Lipinski definition) is 2. The third-order valence-corrected chi connectivity index (χ3v) is 5.24. The number of carbonyl (C=O) groups excluding carboxylic acids is 2. The first-order valence-electron chi connectivity index (χ1n) is 9.84. The van der Waals surface area contributed by atoms with Crippen LogP contribution in [0, 0.1) is 24.1 Å². The average Bonchev–Trinajstić information content (AvgIpc) is 2.77. The summed E-state index contributed by atoms with van der Waals surface area (Å²) in [7, 11) is 0. The highest BCUT2D eigenvalue weighted by Crippen LogP contribution is 2.29. The fraction of sp³-hybridized carbons (Fsp3) is 0.217. The van der Waals surface area contributed by atoms with Crippen molar-refractivity contribution in [3.05, 3.63) is 70.7 Å². The number of nitrogens with one attached hydrogen (secondary N) is 2. The number of aromatic nitrogens is 1. The van der Waals surface area contributed by atoms with E-state index in [9.17, 15) is 19.2 Å². The van der Waals surface area contributed by atoms with Gasteiger partial charge in [-0.1, -0.05) is 12.1 Å². The smallest absolute Gasteiger partial charge is 0.254 e. The van der Waals surface area contributed by atoms with E-state index in [4.69, 9.17) is 0 Å². The van der Waals surface area contributed by atoms with E-state index in [0.717, 1.165) is 5.56 Å². The molecule has 0 atom stereocenters. The van der Waals surface area contributed by atoms with Gasteiger partial charge in [0.1, 0.15) is 11.9 Å². The molecule has 1 aromatic heterocycles. The number of anilines is 1. The molecule has 7 nitrogen and oxygen atoms in total. The maximum Gasteiger partial charge on any atom is 0.254 e. The summed E-state index contributed by atoms with van der Waals surface area (Å²) in [6, 6.07) is 11.9. The van der Waals surface area contributed by atoms with Crippen LogP contribution in [0.2, 0.25) is 0 Å². The van der Waals surface area contributed by atoms with E-state index in [2.05, 4.69) is 21.7 Å². The lowest BCUT2D eigenvalue weighted by Gasteiger charge is -2.26. The van der Waals surface area contributed by atoms with Crippen LogP contribution in [-0.4, -0.2) is 41.3 Å². The maximum absolute atomic E-state index is 14.0. The molecule has 0 spiro atoms. The zero-order chi connectivity index (χ0) is 22.0. The monoisotopic (exact) mass is 417 g/mol. The van der Waals surface area contributed by atoms with Crippen molar-refractivity contribution in [1.82, 2.24) is 15.2 Å². The number of carbonyl (C=O) groups is 2. The Bertz CT molecular complexity index is 1220. The number of nitrogens with zero attached hydrogens (tertiary/aromatic N) is 3. The number of rotatable bonds is 4. The molecule has 0 saturated carbocycles. The number of fused-ring (bicyclic) bond motifs is 1. The van der Waals surface area contributed by atoms with Crippen LogP contribution < -0.4 is 10.6 Å². The van der Waals surface area contributed by atoms with E-state index in [1.54, 1.807) is 19.1 Å². The first-order chi connectivity index (χ1) is 15.0. The molecular formula is C23H20FN5O2. The van der Waals surface area contributed by atoms with Crippen LogP contribution in [0.15, 0.2) is 42.6 Å². The van der Waals surface area contributed by atoms with Gasteiger partial charge in [0.2, 0.25) is 5.91 Å². The van der Waals surface area contributed by atoms with Gasteiger partial charge in [0.25, 0.3) is 5.91 Å². The Morgan fingerprint density at radius 1 is 1.32 bits per heavy atom. The molecular weight excluding hydrogens is 397 g/mol. The summed E-state index contributed by atoms with van der Waals surface area (Å²) in [5, 5.41) is 15.9. The van der Waals surface area contributed by atoms with Crippen LogP contribution in [0.3, 0.4) is 0 Å². The van der Waals surface area contributed by atoms with Gasteiger partial charge >= 0.3 is 0 Å². The number of aryl methyl sites for hydroxylation is 1. The van der Waals surface area contributed by atoms with Crippen molar-refractivity contribution in [2.75, 3.05) is 25.0 Å². The number of piperazine rings is 1. The highest BCUT2D eigenvalue weighted by Gasteiger charge is 2.22. The van der Waals surface area contributed by atoms with Gasteiger partial charge in [-0.15, -0.1) is 0 Å². The van der Waals surface area contributed by atoms with Crippen molar-refractivity contribution in [2.45, 2.75) is 13.5 Å². The largest absolute Gasteiger partial charge is 0.379 e. The fourth-order valence-electron chi connectivity index (χ4n) is 3.66. The van der Waals surface area contributed by atoms with Gasteiger partial charge in [0, 0.05) is 36.8 Å². The molecule has 2 heterocycles. The third kappa shape index (κ3) is 4.16. The fourth-order valence-corrected chi connectivity index (χ4v) is 3.66. The summed E-state index contributed by atoms with van der Waals surface area (Å²) < 4.78 is 14.0. The Balaban J connectivity index is 1.53. The summed E-state index contributed by atoms with van der Waals surface area (Å²) >= 11 is 0. The van der Waals surface area contributed by atoms with Gasteiger partial charge < -0.3 is 15.5 Å². The second-order valence-corrected chi connectivity index (χ2v) is 7.40. The van der Waals surface area contributed by atoms with Gasteiger partial charge in [-0.3, -0.25) is 14.6 Å². The van der Waals surface area contributed by atoms with Crippen LogP contribution in [-0.2, 0) is 11.3 Å². The molecule has 2 N–H and O–H groups in total. The lowest BCUT2D eigenvalue weighted by Crippen LogP contribution is -2.49. The molecule has 0 aliphatic carbocycles. The molecule has 2 aromatic carbocycles. The molecule has 156 valence electrons. The van der Waals surface area contributed by atoms with Crippen LogP contribution in [0.5, 0.6) is 0 Å². The SMILES string of the molecule is Cc1cc(F)cc2c(NCc3ccc(C(=O)N4CCNC(=O)C4)cc3)c(C#N)cnc12. The Labute approximate surface area is 178 Å². The minimum atomic E-state index is -0.390. The molecule has 0 bridgehead atoms. The Morgan fingerprint density at radius 2 is 2.10 bits per heavy atom. The highest BCUT2D eigenvalue weighted by molar-refractivity contribution is 5.97. The van der Waals surface area contributed by atoms with Crippen molar-refractivity contribution in [3.63, 3.8) is 0 Å². The predicted octanol–water partition coefficient (Wildman–Crippen LogP) is 2.74. The standard InChI is InChI=1S/C23H20FN5O2/c1-14-8-18(24)9-19-21(14)28-12-17(10-25)22(19)27-11-15-2-4-16(5-3-15)23(31)29-7-6-26-20(30)13-29/h2-5,8-9,12H,6-7,11,13H2,1H3,(H,26,30)(H,27,28). The summed E-state index contributed by atoms with van der Waals surface area (Å²) in [4.78, 5) is 29.9. The van der Waals surface area contributed by atoms with Gasteiger partial charge in [-0.2, -0.15) is 5.26 Å². The molecule has 0 unspecified atom stereocenters. The zero-order valence-electron chi connectivity index (χ0n) is 16.9. The van der Waals surface area contributed by atoms with Crippen molar-refractivity contribution >= 4 is 28.4 Å². The van der Waals surface area contributed by atoms with Gasteiger partial charge in [-0.25, -0.2) is 4.39 Å². The molecule has 0 radical (unpaired) electrons. The average molecular weight is 417 g/mol. The van der Waals surface area contributed by atoms with Crippen molar-refractivity contribution in [3.8, 4) is 6.07 Å². The van der Waals surface area contributed by atoms with E-state index in [-0.39, 0.29) is 24.2 Å². The molecule has 31 heavy (non-hydrogen) atoms. The molecule has 1 saturated heterocycles. The Hall–Kier alpha value is -3.99.